The number of hydrogen-bond donors (Lipinski definition) is 1. The van der Waals surface area contributed by atoms with Crippen molar-refractivity contribution in [2.45, 2.75) is 18.2 Å². The van der Waals surface area contributed by atoms with E-state index < -0.39 is 9.84 Å². The highest BCUT2D eigenvalue weighted by Gasteiger charge is 2.17. The Balaban J connectivity index is 3.11. The SMILES string of the molecule is CCN(CCCN)c1ncccc1S(C)(=O)=O. The fraction of sp³-hybridized carbons (Fsp3) is 0.545. The molecule has 1 rings (SSSR count). The summed E-state index contributed by atoms with van der Waals surface area (Å²) in [5, 5.41) is 0. The molecule has 0 radical (unpaired) electrons. The summed E-state index contributed by atoms with van der Waals surface area (Å²) in [6.45, 7) is 3.97. The molecule has 0 amide bonds. The van der Waals surface area contributed by atoms with Crippen molar-refractivity contribution in [1.29, 1.82) is 0 Å². The summed E-state index contributed by atoms with van der Waals surface area (Å²) in [5.74, 6) is 0.519. The first-order valence-electron chi connectivity index (χ1n) is 5.60. The smallest absolute Gasteiger partial charge is 0.179 e. The van der Waals surface area contributed by atoms with Crippen molar-refractivity contribution in [2.75, 3.05) is 30.8 Å². The number of rotatable bonds is 6. The van der Waals surface area contributed by atoms with Gasteiger partial charge in [0.15, 0.2) is 9.84 Å². The predicted octanol–water partition coefficient (Wildman–Crippen LogP) is 0.660. The third-order valence-corrected chi connectivity index (χ3v) is 3.58. The van der Waals surface area contributed by atoms with Gasteiger partial charge < -0.3 is 10.6 Å². The van der Waals surface area contributed by atoms with Crippen LogP contribution >= 0.6 is 0 Å². The molecule has 0 fully saturated rings. The van der Waals surface area contributed by atoms with Crippen LogP contribution in [0.5, 0.6) is 0 Å². The van der Waals surface area contributed by atoms with Crippen LogP contribution in [0.1, 0.15) is 13.3 Å². The van der Waals surface area contributed by atoms with Crippen LogP contribution in [-0.2, 0) is 9.84 Å². The molecule has 0 aliphatic rings. The second-order valence-electron chi connectivity index (χ2n) is 3.82. The molecule has 96 valence electrons. The molecule has 1 aromatic rings. The van der Waals surface area contributed by atoms with E-state index >= 15 is 0 Å². The highest BCUT2D eigenvalue weighted by molar-refractivity contribution is 7.90. The second kappa shape index (κ2) is 5.97. The number of anilines is 1. The van der Waals surface area contributed by atoms with Crippen LogP contribution in [0, 0.1) is 0 Å². The molecule has 1 aromatic heterocycles. The van der Waals surface area contributed by atoms with Crippen molar-refractivity contribution < 1.29 is 8.42 Å². The van der Waals surface area contributed by atoms with Crippen LogP contribution in [-0.4, -0.2) is 39.3 Å². The summed E-state index contributed by atoms with van der Waals surface area (Å²) in [4.78, 5) is 6.39. The Kier molecular flexibility index (Phi) is 4.89. The number of hydrogen-bond acceptors (Lipinski definition) is 5. The Hall–Kier alpha value is -1.14. The molecule has 0 saturated heterocycles. The number of nitrogens with two attached hydrogens (primary N) is 1. The number of pyridine rings is 1. The second-order valence-corrected chi connectivity index (χ2v) is 5.80. The lowest BCUT2D eigenvalue weighted by atomic mass is 10.3. The van der Waals surface area contributed by atoms with Crippen LogP contribution in [0.4, 0.5) is 5.82 Å². The van der Waals surface area contributed by atoms with E-state index in [0.29, 0.717) is 25.5 Å². The summed E-state index contributed by atoms with van der Waals surface area (Å²) >= 11 is 0. The Morgan fingerprint density at radius 1 is 1.47 bits per heavy atom. The topological polar surface area (TPSA) is 76.3 Å². The van der Waals surface area contributed by atoms with Crippen molar-refractivity contribution in [1.82, 2.24) is 4.98 Å². The van der Waals surface area contributed by atoms with Gasteiger partial charge in [0.25, 0.3) is 0 Å². The lowest BCUT2D eigenvalue weighted by molar-refractivity contribution is 0.600. The fourth-order valence-corrected chi connectivity index (χ4v) is 2.44. The summed E-state index contributed by atoms with van der Waals surface area (Å²) in [5.41, 5.74) is 5.47. The zero-order valence-corrected chi connectivity index (χ0v) is 11.1. The van der Waals surface area contributed by atoms with E-state index in [0.717, 1.165) is 6.42 Å². The maximum Gasteiger partial charge on any atom is 0.179 e. The molecular weight excluding hydrogens is 238 g/mol. The van der Waals surface area contributed by atoms with E-state index in [-0.39, 0.29) is 4.90 Å². The minimum atomic E-state index is -3.25. The lowest BCUT2D eigenvalue weighted by Crippen LogP contribution is -2.28. The molecule has 0 unspecified atom stereocenters. The largest absolute Gasteiger partial charge is 0.356 e. The highest BCUT2D eigenvalue weighted by atomic mass is 32.2. The van der Waals surface area contributed by atoms with Crippen LogP contribution in [0.2, 0.25) is 0 Å². The van der Waals surface area contributed by atoms with Gasteiger partial charge in [0.1, 0.15) is 10.7 Å². The van der Waals surface area contributed by atoms with Crippen molar-refractivity contribution in [3.05, 3.63) is 18.3 Å². The van der Waals surface area contributed by atoms with Gasteiger partial charge in [0.05, 0.1) is 0 Å². The van der Waals surface area contributed by atoms with Gasteiger partial charge in [-0.1, -0.05) is 0 Å². The number of aromatic nitrogens is 1. The zero-order chi connectivity index (χ0) is 12.9. The van der Waals surface area contributed by atoms with Crippen LogP contribution in [0.15, 0.2) is 23.2 Å². The Labute approximate surface area is 103 Å². The van der Waals surface area contributed by atoms with Crippen molar-refractivity contribution in [3.63, 3.8) is 0 Å². The van der Waals surface area contributed by atoms with E-state index in [2.05, 4.69) is 4.98 Å². The summed E-state index contributed by atoms with van der Waals surface area (Å²) < 4.78 is 23.3. The molecule has 0 aromatic carbocycles. The predicted molar refractivity (Wildman–Crippen MR) is 68.9 cm³/mol. The van der Waals surface area contributed by atoms with Gasteiger partial charge in [0.2, 0.25) is 0 Å². The van der Waals surface area contributed by atoms with Gasteiger partial charge in [-0.3, -0.25) is 0 Å². The molecular formula is C11H19N3O2S. The van der Waals surface area contributed by atoms with Gasteiger partial charge in [-0.15, -0.1) is 0 Å². The number of nitrogens with zero attached hydrogens (tertiary/aromatic N) is 2. The molecule has 5 nitrogen and oxygen atoms in total. The van der Waals surface area contributed by atoms with E-state index in [1.54, 1.807) is 18.3 Å². The van der Waals surface area contributed by atoms with Gasteiger partial charge in [0, 0.05) is 25.5 Å². The van der Waals surface area contributed by atoms with Crippen molar-refractivity contribution in [2.24, 2.45) is 5.73 Å². The molecule has 17 heavy (non-hydrogen) atoms. The first-order chi connectivity index (χ1) is 8.00. The van der Waals surface area contributed by atoms with Crippen LogP contribution in [0.3, 0.4) is 0 Å². The first kappa shape index (κ1) is 13.9. The molecule has 0 saturated carbocycles. The maximum absolute atomic E-state index is 11.7. The maximum atomic E-state index is 11.7. The van der Waals surface area contributed by atoms with E-state index in [9.17, 15) is 8.42 Å². The fourth-order valence-electron chi connectivity index (χ4n) is 1.61. The average Bonchev–Trinajstić information content (AvgIpc) is 2.29. The summed E-state index contributed by atoms with van der Waals surface area (Å²) in [6.07, 6.45) is 3.62. The quantitative estimate of drug-likeness (QED) is 0.810. The molecule has 2 N–H and O–H groups in total. The molecule has 0 bridgehead atoms. The average molecular weight is 257 g/mol. The first-order valence-corrected chi connectivity index (χ1v) is 7.50. The van der Waals surface area contributed by atoms with Crippen LogP contribution in [0.25, 0.3) is 0 Å². The molecule has 0 atom stereocenters. The Morgan fingerprint density at radius 3 is 2.71 bits per heavy atom. The van der Waals surface area contributed by atoms with Crippen molar-refractivity contribution in [3.8, 4) is 0 Å². The minimum absolute atomic E-state index is 0.277. The van der Waals surface area contributed by atoms with Crippen LogP contribution < -0.4 is 10.6 Å². The lowest BCUT2D eigenvalue weighted by Gasteiger charge is -2.23. The highest BCUT2D eigenvalue weighted by Crippen LogP contribution is 2.21. The normalized spacial score (nSPS) is 11.5. The minimum Gasteiger partial charge on any atom is -0.356 e. The van der Waals surface area contributed by atoms with Gasteiger partial charge in [-0.05, 0) is 32.0 Å². The Bertz CT molecular complexity index is 460. The standard InChI is InChI=1S/C11H19N3O2S/c1-3-14(9-5-7-12)11-10(17(2,15)16)6-4-8-13-11/h4,6,8H,3,5,7,9,12H2,1-2H3. The molecule has 0 aliphatic heterocycles. The number of sulfone groups is 1. The summed E-state index contributed by atoms with van der Waals surface area (Å²) in [6, 6.07) is 3.22. The monoisotopic (exact) mass is 257 g/mol. The van der Waals surface area contributed by atoms with E-state index in [4.69, 9.17) is 5.73 Å². The molecule has 1 heterocycles. The third kappa shape index (κ3) is 3.67. The van der Waals surface area contributed by atoms with Gasteiger partial charge in [-0.25, -0.2) is 13.4 Å². The Morgan fingerprint density at radius 2 is 2.18 bits per heavy atom. The third-order valence-electron chi connectivity index (χ3n) is 2.46. The van der Waals surface area contributed by atoms with Gasteiger partial charge in [-0.2, -0.15) is 0 Å². The molecule has 0 spiro atoms. The van der Waals surface area contributed by atoms with E-state index in [1.807, 2.05) is 11.8 Å². The summed E-state index contributed by atoms with van der Waals surface area (Å²) in [7, 11) is -3.25. The van der Waals surface area contributed by atoms with E-state index in [1.165, 1.54) is 6.26 Å². The van der Waals surface area contributed by atoms with Crippen molar-refractivity contribution >= 4 is 15.7 Å². The molecule has 0 aliphatic carbocycles. The molecule has 6 heteroatoms. The zero-order valence-electron chi connectivity index (χ0n) is 10.3. The van der Waals surface area contributed by atoms with Gasteiger partial charge >= 0.3 is 0 Å².